The summed E-state index contributed by atoms with van der Waals surface area (Å²) >= 11 is 12.3. The Balaban J connectivity index is 3.06. The second-order valence-corrected chi connectivity index (χ2v) is 5.40. The zero-order valence-electron chi connectivity index (χ0n) is 11.7. The van der Waals surface area contributed by atoms with E-state index < -0.39 is 0 Å². The van der Waals surface area contributed by atoms with Crippen molar-refractivity contribution < 1.29 is 4.74 Å². The molecule has 2 unspecified atom stereocenters. The van der Waals surface area contributed by atoms with Crippen molar-refractivity contribution in [1.82, 2.24) is 4.90 Å². The van der Waals surface area contributed by atoms with Gasteiger partial charge in [0.2, 0.25) is 0 Å². The van der Waals surface area contributed by atoms with Gasteiger partial charge in [-0.3, -0.25) is 4.90 Å². The molecule has 0 saturated heterocycles. The van der Waals surface area contributed by atoms with Crippen LogP contribution in [0.3, 0.4) is 0 Å². The zero-order valence-corrected chi connectivity index (χ0v) is 13.2. The van der Waals surface area contributed by atoms with Crippen LogP contribution >= 0.6 is 23.2 Å². The lowest BCUT2D eigenvalue weighted by atomic mass is 10.0. The summed E-state index contributed by atoms with van der Waals surface area (Å²) in [4.78, 5) is 2.28. The van der Waals surface area contributed by atoms with Crippen LogP contribution in [0.4, 0.5) is 0 Å². The van der Waals surface area contributed by atoms with E-state index in [0.29, 0.717) is 23.2 Å². The van der Waals surface area contributed by atoms with Crippen molar-refractivity contribution in [3.63, 3.8) is 0 Å². The molecule has 0 fully saturated rings. The van der Waals surface area contributed by atoms with Crippen molar-refractivity contribution in [2.45, 2.75) is 25.9 Å². The number of rotatable bonds is 7. The molecule has 0 heterocycles. The Morgan fingerprint density at radius 1 is 1.37 bits per heavy atom. The number of ether oxygens (including phenoxy) is 1. The van der Waals surface area contributed by atoms with Gasteiger partial charge in [-0.05, 0) is 37.2 Å². The summed E-state index contributed by atoms with van der Waals surface area (Å²) in [6, 6.07) is 5.80. The van der Waals surface area contributed by atoms with Crippen LogP contribution in [-0.2, 0) is 4.74 Å². The Hall–Kier alpha value is -0.320. The molecule has 0 aliphatic rings. The standard InChI is InChI=1S/C14H22Cl2N2O/c1-4-18(10(2)9-19-3)14(8-17)12-7-11(15)5-6-13(12)16/h5-7,10,14H,4,8-9,17H2,1-3H3. The van der Waals surface area contributed by atoms with Crippen molar-refractivity contribution in [2.24, 2.45) is 5.73 Å². The summed E-state index contributed by atoms with van der Waals surface area (Å²) in [7, 11) is 1.70. The second-order valence-electron chi connectivity index (χ2n) is 4.55. The lowest BCUT2D eigenvalue weighted by molar-refractivity contribution is 0.0752. The highest BCUT2D eigenvalue weighted by Crippen LogP contribution is 2.30. The Kier molecular flexibility index (Phi) is 7.11. The highest BCUT2D eigenvalue weighted by atomic mass is 35.5. The maximum absolute atomic E-state index is 6.28. The molecule has 1 aromatic carbocycles. The second kappa shape index (κ2) is 8.08. The van der Waals surface area contributed by atoms with Gasteiger partial charge in [0.15, 0.2) is 0 Å². The van der Waals surface area contributed by atoms with E-state index >= 15 is 0 Å². The van der Waals surface area contributed by atoms with Crippen molar-refractivity contribution in [2.75, 3.05) is 26.8 Å². The normalized spacial score (nSPS) is 14.7. The van der Waals surface area contributed by atoms with Gasteiger partial charge in [-0.25, -0.2) is 0 Å². The van der Waals surface area contributed by atoms with E-state index in [1.54, 1.807) is 13.2 Å². The molecule has 3 nitrogen and oxygen atoms in total. The van der Waals surface area contributed by atoms with E-state index in [1.807, 2.05) is 12.1 Å². The lowest BCUT2D eigenvalue weighted by Gasteiger charge is -2.35. The molecule has 2 N–H and O–H groups in total. The van der Waals surface area contributed by atoms with Crippen LogP contribution in [0.5, 0.6) is 0 Å². The summed E-state index contributed by atoms with van der Waals surface area (Å²) in [6.45, 7) is 6.24. The van der Waals surface area contributed by atoms with Crippen LogP contribution in [0.1, 0.15) is 25.5 Å². The first kappa shape index (κ1) is 16.7. The van der Waals surface area contributed by atoms with Crippen LogP contribution in [0.25, 0.3) is 0 Å². The molecule has 5 heteroatoms. The first-order valence-electron chi connectivity index (χ1n) is 6.44. The lowest BCUT2D eigenvalue weighted by Crippen LogP contribution is -2.42. The molecule has 0 aliphatic carbocycles. The van der Waals surface area contributed by atoms with E-state index in [2.05, 4.69) is 18.7 Å². The third kappa shape index (κ3) is 4.33. The predicted octanol–water partition coefficient (Wildman–Crippen LogP) is 3.35. The van der Waals surface area contributed by atoms with Gasteiger partial charge in [0, 0.05) is 35.8 Å². The Bertz CT molecular complexity index is 401. The third-order valence-electron chi connectivity index (χ3n) is 3.28. The molecule has 0 saturated carbocycles. The number of hydrogen-bond acceptors (Lipinski definition) is 3. The van der Waals surface area contributed by atoms with E-state index in [4.69, 9.17) is 33.7 Å². The van der Waals surface area contributed by atoms with Gasteiger partial charge >= 0.3 is 0 Å². The first-order chi connectivity index (χ1) is 9.04. The molecule has 0 radical (unpaired) electrons. The van der Waals surface area contributed by atoms with Crippen molar-refractivity contribution in [3.05, 3.63) is 33.8 Å². The van der Waals surface area contributed by atoms with E-state index in [0.717, 1.165) is 12.1 Å². The number of likely N-dealkylation sites (N-methyl/N-ethyl adjacent to an activating group) is 1. The number of methoxy groups -OCH3 is 1. The predicted molar refractivity (Wildman–Crippen MR) is 82.0 cm³/mol. The molecule has 0 aliphatic heterocycles. The van der Waals surface area contributed by atoms with Gasteiger partial charge in [0.1, 0.15) is 0 Å². The smallest absolute Gasteiger partial charge is 0.0615 e. The van der Waals surface area contributed by atoms with E-state index in [-0.39, 0.29) is 12.1 Å². The number of benzene rings is 1. The Labute approximate surface area is 125 Å². The number of nitrogens with zero attached hydrogens (tertiary/aromatic N) is 1. The SMILES string of the molecule is CCN(C(C)COC)C(CN)c1cc(Cl)ccc1Cl. The Morgan fingerprint density at radius 2 is 2.05 bits per heavy atom. The largest absolute Gasteiger partial charge is 0.383 e. The van der Waals surface area contributed by atoms with Crippen LogP contribution in [0.15, 0.2) is 18.2 Å². The quantitative estimate of drug-likeness (QED) is 0.839. The number of nitrogens with two attached hydrogens (primary N) is 1. The molecule has 1 rings (SSSR count). The topological polar surface area (TPSA) is 38.5 Å². The average molecular weight is 305 g/mol. The summed E-state index contributed by atoms with van der Waals surface area (Å²) < 4.78 is 5.23. The molecule has 0 bridgehead atoms. The minimum absolute atomic E-state index is 0.0429. The number of hydrogen-bond donors (Lipinski definition) is 1. The summed E-state index contributed by atoms with van der Waals surface area (Å²) in [6.07, 6.45) is 0. The van der Waals surface area contributed by atoms with Crippen LogP contribution in [-0.4, -0.2) is 37.7 Å². The summed E-state index contributed by atoms with van der Waals surface area (Å²) in [5, 5.41) is 1.37. The van der Waals surface area contributed by atoms with Crippen LogP contribution < -0.4 is 5.73 Å². The van der Waals surface area contributed by atoms with E-state index in [9.17, 15) is 0 Å². The fourth-order valence-electron chi connectivity index (χ4n) is 2.39. The van der Waals surface area contributed by atoms with Gasteiger partial charge in [-0.2, -0.15) is 0 Å². The number of halogens is 2. The van der Waals surface area contributed by atoms with Gasteiger partial charge in [0.25, 0.3) is 0 Å². The minimum Gasteiger partial charge on any atom is -0.383 e. The summed E-state index contributed by atoms with van der Waals surface area (Å²) in [5.41, 5.74) is 6.92. The maximum atomic E-state index is 6.28. The molecular formula is C14H22Cl2N2O. The van der Waals surface area contributed by atoms with Gasteiger partial charge in [-0.1, -0.05) is 30.1 Å². The maximum Gasteiger partial charge on any atom is 0.0615 e. The molecule has 1 aromatic rings. The van der Waals surface area contributed by atoms with Crippen molar-refractivity contribution in [3.8, 4) is 0 Å². The van der Waals surface area contributed by atoms with Gasteiger partial charge < -0.3 is 10.5 Å². The van der Waals surface area contributed by atoms with Crippen molar-refractivity contribution in [1.29, 1.82) is 0 Å². The molecule has 0 spiro atoms. The van der Waals surface area contributed by atoms with Crippen LogP contribution in [0.2, 0.25) is 10.0 Å². The molecule has 108 valence electrons. The highest BCUT2D eigenvalue weighted by molar-refractivity contribution is 6.33. The third-order valence-corrected chi connectivity index (χ3v) is 3.86. The molecule has 0 aromatic heterocycles. The van der Waals surface area contributed by atoms with Gasteiger partial charge in [-0.15, -0.1) is 0 Å². The molecule has 0 amide bonds. The zero-order chi connectivity index (χ0) is 14.4. The van der Waals surface area contributed by atoms with Gasteiger partial charge in [0.05, 0.1) is 6.61 Å². The first-order valence-corrected chi connectivity index (χ1v) is 7.20. The fourth-order valence-corrected chi connectivity index (χ4v) is 2.81. The monoisotopic (exact) mass is 304 g/mol. The summed E-state index contributed by atoms with van der Waals surface area (Å²) in [5.74, 6) is 0. The fraction of sp³-hybridized carbons (Fsp3) is 0.571. The van der Waals surface area contributed by atoms with Crippen molar-refractivity contribution >= 4 is 23.2 Å². The minimum atomic E-state index is 0.0429. The molecular weight excluding hydrogens is 283 g/mol. The van der Waals surface area contributed by atoms with E-state index in [1.165, 1.54) is 0 Å². The molecule has 2 atom stereocenters. The van der Waals surface area contributed by atoms with Crippen LogP contribution in [0, 0.1) is 0 Å². The Morgan fingerprint density at radius 3 is 2.58 bits per heavy atom. The highest BCUT2D eigenvalue weighted by Gasteiger charge is 2.24. The molecule has 19 heavy (non-hydrogen) atoms. The average Bonchev–Trinajstić information content (AvgIpc) is 2.39.